The number of benzene rings is 1. The Kier molecular flexibility index (Phi) is 4.84. The molecule has 1 amide bonds. The quantitative estimate of drug-likeness (QED) is 0.709. The Morgan fingerprint density at radius 1 is 1.10 bits per heavy atom. The number of fused-ring (bicyclic) bond motifs is 1. The van der Waals surface area contributed by atoms with Crippen molar-refractivity contribution in [2.45, 2.75) is 44.1 Å². The molecule has 29 heavy (non-hydrogen) atoms. The lowest BCUT2D eigenvalue weighted by Gasteiger charge is -2.31. The number of hydrogen-bond acceptors (Lipinski definition) is 5. The van der Waals surface area contributed by atoms with Crippen molar-refractivity contribution >= 4 is 27.5 Å². The van der Waals surface area contributed by atoms with E-state index < -0.39 is 0 Å². The standard InChI is InChI=1S/C23H26N4OS/c1-14-25-21(18-9-12-29-22(18)26-14)20-13-19(20)15-3-5-16(6-4-15)23(28)27(2)17-7-10-24-11-8-17/h3-6,9,12,17,19-20,24H,7-8,10-11,13H2,1-2H3/t19-,20+/m1/s1. The normalized spacial score (nSPS) is 22.0. The number of piperidine rings is 1. The summed E-state index contributed by atoms with van der Waals surface area (Å²) >= 11 is 1.68. The molecule has 2 fully saturated rings. The zero-order valence-corrected chi connectivity index (χ0v) is 17.7. The fourth-order valence-electron chi connectivity index (χ4n) is 4.57. The Morgan fingerprint density at radius 2 is 1.86 bits per heavy atom. The molecule has 2 aliphatic rings. The second-order valence-corrected chi connectivity index (χ2v) is 9.16. The third-order valence-electron chi connectivity index (χ3n) is 6.37. The SMILES string of the molecule is Cc1nc([C@H]2C[C@@H]2c2ccc(C(=O)N(C)C3CCNCC3)cc2)c2ccsc2n1. The summed E-state index contributed by atoms with van der Waals surface area (Å²) in [6.45, 7) is 3.95. The summed E-state index contributed by atoms with van der Waals surface area (Å²) in [5.41, 5.74) is 3.27. The fraction of sp³-hybridized carbons (Fsp3) is 0.435. The molecule has 1 saturated heterocycles. The van der Waals surface area contributed by atoms with Crippen molar-refractivity contribution in [3.05, 3.63) is 58.4 Å². The number of hydrogen-bond donors (Lipinski definition) is 1. The van der Waals surface area contributed by atoms with Crippen LogP contribution in [0, 0.1) is 6.92 Å². The molecule has 5 nitrogen and oxygen atoms in total. The van der Waals surface area contributed by atoms with Crippen molar-refractivity contribution in [1.82, 2.24) is 20.2 Å². The van der Waals surface area contributed by atoms with Gasteiger partial charge in [0.2, 0.25) is 0 Å². The monoisotopic (exact) mass is 406 g/mol. The average molecular weight is 407 g/mol. The molecule has 3 aromatic rings. The minimum absolute atomic E-state index is 0.127. The number of aryl methyl sites for hydroxylation is 1. The molecule has 1 aromatic carbocycles. The minimum Gasteiger partial charge on any atom is -0.339 e. The van der Waals surface area contributed by atoms with E-state index in [-0.39, 0.29) is 5.91 Å². The number of amides is 1. The van der Waals surface area contributed by atoms with E-state index in [1.54, 1.807) is 11.3 Å². The van der Waals surface area contributed by atoms with E-state index in [1.807, 2.05) is 31.0 Å². The third-order valence-corrected chi connectivity index (χ3v) is 7.18. The van der Waals surface area contributed by atoms with Crippen molar-refractivity contribution in [1.29, 1.82) is 0 Å². The third kappa shape index (κ3) is 3.55. The summed E-state index contributed by atoms with van der Waals surface area (Å²) in [6.07, 6.45) is 3.17. The summed E-state index contributed by atoms with van der Waals surface area (Å²) in [7, 11) is 1.94. The molecule has 1 N–H and O–H groups in total. The second-order valence-electron chi connectivity index (χ2n) is 8.26. The van der Waals surface area contributed by atoms with E-state index in [4.69, 9.17) is 4.98 Å². The van der Waals surface area contributed by atoms with Crippen LogP contribution in [0.5, 0.6) is 0 Å². The Hall–Kier alpha value is -2.31. The highest BCUT2D eigenvalue weighted by molar-refractivity contribution is 7.16. The van der Waals surface area contributed by atoms with Gasteiger partial charge >= 0.3 is 0 Å². The Bertz CT molecular complexity index is 1040. The number of nitrogens with zero attached hydrogens (tertiary/aromatic N) is 3. The first-order chi connectivity index (χ1) is 14.1. The zero-order valence-electron chi connectivity index (χ0n) is 16.9. The first-order valence-corrected chi connectivity index (χ1v) is 11.3. The molecular formula is C23H26N4OS. The summed E-state index contributed by atoms with van der Waals surface area (Å²) in [4.78, 5) is 25.2. The number of rotatable bonds is 4. The van der Waals surface area contributed by atoms with Crippen LogP contribution in [-0.2, 0) is 0 Å². The van der Waals surface area contributed by atoms with Crippen LogP contribution in [0.4, 0.5) is 0 Å². The van der Waals surface area contributed by atoms with Gasteiger partial charge in [0.1, 0.15) is 10.7 Å². The van der Waals surface area contributed by atoms with Gasteiger partial charge in [-0.05, 0) is 74.3 Å². The molecule has 2 aromatic heterocycles. The van der Waals surface area contributed by atoms with Gasteiger partial charge in [0.25, 0.3) is 5.91 Å². The molecule has 0 spiro atoms. The van der Waals surface area contributed by atoms with Gasteiger partial charge in [0.05, 0.1) is 5.69 Å². The van der Waals surface area contributed by atoms with Crippen molar-refractivity contribution < 1.29 is 4.79 Å². The van der Waals surface area contributed by atoms with Crippen LogP contribution >= 0.6 is 11.3 Å². The molecule has 150 valence electrons. The zero-order chi connectivity index (χ0) is 20.0. The Morgan fingerprint density at radius 3 is 2.62 bits per heavy atom. The molecule has 5 rings (SSSR count). The molecule has 6 heteroatoms. The van der Waals surface area contributed by atoms with Crippen molar-refractivity contribution in [3.8, 4) is 0 Å². The number of nitrogens with one attached hydrogen (secondary N) is 1. The predicted octanol–water partition coefficient (Wildman–Crippen LogP) is 4.09. The van der Waals surface area contributed by atoms with E-state index in [2.05, 4.69) is 33.9 Å². The van der Waals surface area contributed by atoms with Crippen LogP contribution in [0.3, 0.4) is 0 Å². The summed E-state index contributed by atoms with van der Waals surface area (Å²) in [6, 6.07) is 10.7. The lowest BCUT2D eigenvalue weighted by molar-refractivity contribution is 0.0703. The maximum absolute atomic E-state index is 12.9. The molecule has 3 heterocycles. The average Bonchev–Trinajstić information content (AvgIpc) is 3.42. The summed E-state index contributed by atoms with van der Waals surface area (Å²) in [5.74, 6) is 1.91. The van der Waals surface area contributed by atoms with E-state index in [0.29, 0.717) is 17.9 Å². The summed E-state index contributed by atoms with van der Waals surface area (Å²) in [5, 5.41) is 6.65. The van der Waals surface area contributed by atoms with Gasteiger partial charge < -0.3 is 10.2 Å². The molecular weight excluding hydrogens is 380 g/mol. The van der Waals surface area contributed by atoms with Crippen LogP contribution in [0.1, 0.15) is 58.5 Å². The number of carbonyl (C=O) groups excluding carboxylic acids is 1. The van der Waals surface area contributed by atoms with Gasteiger partial charge in [-0.15, -0.1) is 11.3 Å². The van der Waals surface area contributed by atoms with E-state index >= 15 is 0 Å². The number of aromatic nitrogens is 2. The van der Waals surface area contributed by atoms with Crippen molar-refractivity contribution in [3.63, 3.8) is 0 Å². The topological polar surface area (TPSA) is 58.1 Å². The smallest absolute Gasteiger partial charge is 0.253 e. The van der Waals surface area contributed by atoms with Gasteiger partial charge in [-0.25, -0.2) is 9.97 Å². The fourth-order valence-corrected chi connectivity index (χ4v) is 5.39. The number of thiophene rings is 1. The van der Waals surface area contributed by atoms with Crippen LogP contribution in [0.25, 0.3) is 10.2 Å². The van der Waals surface area contributed by atoms with Gasteiger partial charge in [0.15, 0.2) is 0 Å². The summed E-state index contributed by atoms with van der Waals surface area (Å²) < 4.78 is 0. The minimum atomic E-state index is 0.127. The van der Waals surface area contributed by atoms with Crippen LogP contribution in [0.15, 0.2) is 35.7 Å². The van der Waals surface area contributed by atoms with Crippen LogP contribution < -0.4 is 5.32 Å². The molecule has 2 atom stereocenters. The maximum Gasteiger partial charge on any atom is 0.253 e. The lowest BCUT2D eigenvalue weighted by atomic mass is 10.0. The highest BCUT2D eigenvalue weighted by Crippen LogP contribution is 2.55. The number of carbonyl (C=O) groups is 1. The van der Waals surface area contributed by atoms with Crippen LogP contribution in [-0.4, -0.2) is 47.0 Å². The van der Waals surface area contributed by atoms with E-state index in [1.165, 1.54) is 16.6 Å². The largest absolute Gasteiger partial charge is 0.339 e. The van der Waals surface area contributed by atoms with E-state index in [9.17, 15) is 4.79 Å². The first-order valence-electron chi connectivity index (χ1n) is 10.4. The van der Waals surface area contributed by atoms with Gasteiger partial charge in [-0.3, -0.25) is 4.79 Å². The molecule has 1 aliphatic carbocycles. The first kappa shape index (κ1) is 18.7. The van der Waals surface area contributed by atoms with Gasteiger partial charge in [-0.2, -0.15) is 0 Å². The second kappa shape index (κ2) is 7.50. The Balaban J connectivity index is 1.31. The van der Waals surface area contributed by atoms with E-state index in [0.717, 1.165) is 48.6 Å². The highest BCUT2D eigenvalue weighted by Gasteiger charge is 2.42. The maximum atomic E-state index is 12.9. The van der Waals surface area contributed by atoms with Crippen LogP contribution in [0.2, 0.25) is 0 Å². The Labute approximate surface area is 175 Å². The molecule has 1 aliphatic heterocycles. The van der Waals surface area contributed by atoms with Gasteiger partial charge in [0, 0.05) is 30.0 Å². The molecule has 0 unspecified atom stereocenters. The highest BCUT2D eigenvalue weighted by atomic mass is 32.1. The predicted molar refractivity (Wildman–Crippen MR) is 117 cm³/mol. The van der Waals surface area contributed by atoms with Crippen molar-refractivity contribution in [2.24, 2.45) is 0 Å². The molecule has 1 saturated carbocycles. The van der Waals surface area contributed by atoms with Gasteiger partial charge in [-0.1, -0.05) is 12.1 Å². The lowest BCUT2D eigenvalue weighted by Crippen LogP contribution is -2.43. The molecule has 0 radical (unpaired) electrons. The van der Waals surface area contributed by atoms with Crippen molar-refractivity contribution in [2.75, 3.05) is 20.1 Å². The molecule has 0 bridgehead atoms.